The van der Waals surface area contributed by atoms with Gasteiger partial charge in [0.15, 0.2) is 5.96 Å². The van der Waals surface area contributed by atoms with Crippen LogP contribution in [-0.2, 0) is 22.6 Å². The minimum absolute atomic E-state index is 0. The SMILES string of the molecule is CCNC(=NCCOCc1ccccc1)N(C)Cc1csc(C(C)OC)n1.I. The third kappa shape index (κ3) is 8.42. The topological polar surface area (TPSA) is 59.0 Å². The number of benzene rings is 1. The third-order valence-corrected chi connectivity index (χ3v) is 5.03. The molecule has 0 spiro atoms. The van der Waals surface area contributed by atoms with Gasteiger partial charge in [-0.2, -0.15) is 0 Å². The fourth-order valence-electron chi connectivity index (χ4n) is 2.45. The van der Waals surface area contributed by atoms with Crippen molar-refractivity contribution in [2.75, 3.05) is 33.9 Å². The molecule has 0 saturated carbocycles. The van der Waals surface area contributed by atoms with Crippen LogP contribution in [0.2, 0.25) is 0 Å². The molecule has 0 saturated heterocycles. The van der Waals surface area contributed by atoms with E-state index in [0.717, 1.165) is 23.2 Å². The Morgan fingerprint density at radius 1 is 1.32 bits per heavy atom. The van der Waals surface area contributed by atoms with Crippen LogP contribution < -0.4 is 5.32 Å². The van der Waals surface area contributed by atoms with Gasteiger partial charge >= 0.3 is 0 Å². The molecule has 0 aliphatic rings. The fraction of sp³-hybridized carbons (Fsp3) is 0.500. The van der Waals surface area contributed by atoms with Gasteiger partial charge in [-0.3, -0.25) is 4.99 Å². The molecule has 0 amide bonds. The molecule has 28 heavy (non-hydrogen) atoms. The van der Waals surface area contributed by atoms with Crippen molar-refractivity contribution in [2.45, 2.75) is 33.1 Å². The van der Waals surface area contributed by atoms with Crippen LogP contribution in [0.15, 0.2) is 40.7 Å². The standard InChI is InChI=1S/C20H30N4O2S.HI/c1-5-21-20(22-11-12-26-14-17-9-7-6-8-10-17)24(3)13-18-15-27-19(23-18)16(2)25-4;/h6-10,15-16H,5,11-14H2,1-4H3,(H,21,22);1H. The first-order valence-corrected chi connectivity index (χ1v) is 10.1. The predicted octanol–water partition coefficient (Wildman–Crippen LogP) is 4.08. The third-order valence-electron chi connectivity index (χ3n) is 3.98. The lowest BCUT2D eigenvalue weighted by Gasteiger charge is -2.21. The summed E-state index contributed by atoms with van der Waals surface area (Å²) >= 11 is 1.63. The van der Waals surface area contributed by atoms with E-state index in [9.17, 15) is 0 Å². The van der Waals surface area contributed by atoms with Gasteiger partial charge in [0.25, 0.3) is 0 Å². The number of rotatable bonds is 10. The number of methoxy groups -OCH3 is 1. The maximum absolute atomic E-state index is 5.71. The molecule has 2 rings (SSSR count). The Labute approximate surface area is 189 Å². The van der Waals surface area contributed by atoms with Crippen LogP contribution in [0.3, 0.4) is 0 Å². The average Bonchev–Trinajstić information content (AvgIpc) is 3.15. The van der Waals surface area contributed by atoms with E-state index in [-0.39, 0.29) is 30.1 Å². The molecule has 1 atom stereocenters. The van der Waals surface area contributed by atoms with E-state index in [1.165, 1.54) is 5.56 Å². The van der Waals surface area contributed by atoms with E-state index in [4.69, 9.17) is 9.47 Å². The molecule has 1 aromatic carbocycles. The highest BCUT2D eigenvalue weighted by Crippen LogP contribution is 2.20. The lowest BCUT2D eigenvalue weighted by Crippen LogP contribution is -2.38. The maximum Gasteiger partial charge on any atom is 0.194 e. The molecular weight excluding hydrogens is 487 g/mol. The maximum atomic E-state index is 5.71. The minimum atomic E-state index is 0. The number of aliphatic imine (C=N–C) groups is 1. The number of hydrogen-bond donors (Lipinski definition) is 1. The van der Waals surface area contributed by atoms with Crippen molar-refractivity contribution in [1.82, 2.24) is 15.2 Å². The van der Waals surface area contributed by atoms with Crippen molar-refractivity contribution >= 4 is 41.3 Å². The Balaban J connectivity index is 0.00000392. The summed E-state index contributed by atoms with van der Waals surface area (Å²) in [7, 11) is 3.72. The van der Waals surface area contributed by atoms with Crippen molar-refractivity contribution < 1.29 is 9.47 Å². The van der Waals surface area contributed by atoms with E-state index < -0.39 is 0 Å². The van der Waals surface area contributed by atoms with Crippen LogP contribution in [-0.4, -0.2) is 49.7 Å². The highest BCUT2D eigenvalue weighted by molar-refractivity contribution is 14.0. The summed E-state index contributed by atoms with van der Waals surface area (Å²) in [5.41, 5.74) is 2.20. The van der Waals surface area contributed by atoms with E-state index in [2.05, 4.69) is 44.6 Å². The summed E-state index contributed by atoms with van der Waals surface area (Å²) in [6, 6.07) is 10.2. The van der Waals surface area contributed by atoms with E-state index in [1.807, 2.05) is 32.2 Å². The van der Waals surface area contributed by atoms with Crippen LogP contribution in [0, 0.1) is 0 Å². The summed E-state index contributed by atoms with van der Waals surface area (Å²) in [6.45, 7) is 7.40. The smallest absolute Gasteiger partial charge is 0.194 e. The molecule has 0 aliphatic carbocycles. The molecular formula is C20H31IN4O2S. The number of thiazole rings is 1. The van der Waals surface area contributed by atoms with Gasteiger partial charge in [-0.25, -0.2) is 4.98 Å². The number of nitrogens with one attached hydrogen (secondary N) is 1. The normalized spacial score (nSPS) is 12.4. The molecule has 0 radical (unpaired) electrons. The minimum Gasteiger partial charge on any atom is -0.375 e. The average molecular weight is 518 g/mol. The first kappa shape index (κ1) is 24.8. The molecule has 2 aromatic rings. The number of guanidine groups is 1. The van der Waals surface area contributed by atoms with Gasteiger partial charge in [-0.1, -0.05) is 30.3 Å². The zero-order valence-corrected chi connectivity index (χ0v) is 20.2. The summed E-state index contributed by atoms with van der Waals surface area (Å²) in [5.74, 6) is 0.857. The van der Waals surface area contributed by atoms with E-state index >= 15 is 0 Å². The first-order chi connectivity index (χ1) is 13.1. The number of halogens is 1. The van der Waals surface area contributed by atoms with Crippen LogP contribution in [0.5, 0.6) is 0 Å². The second kappa shape index (κ2) is 13.9. The summed E-state index contributed by atoms with van der Waals surface area (Å²) in [4.78, 5) is 11.4. The van der Waals surface area contributed by atoms with E-state index in [0.29, 0.717) is 26.3 Å². The first-order valence-electron chi connectivity index (χ1n) is 9.22. The Morgan fingerprint density at radius 3 is 2.75 bits per heavy atom. The molecule has 8 heteroatoms. The second-order valence-electron chi connectivity index (χ2n) is 6.18. The van der Waals surface area contributed by atoms with Gasteiger partial charge in [-0.05, 0) is 19.4 Å². The summed E-state index contributed by atoms with van der Waals surface area (Å²) < 4.78 is 11.0. The monoisotopic (exact) mass is 518 g/mol. The molecule has 1 aromatic heterocycles. The van der Waals surface area contributed by atoms with Gasteiger partial charge in [0.1, 0.15) is 11.1 Å². The Hall–Kier alpha value is -1.23. The molecule has 1 unspecified atom stereocenters. The molecule has 1 heterocycles. The quantitative estimate of drug-likeness (QED) is 0.222. The molecule has 1 N–H and O–H groups in total. The summed E-state index contributed by atoms with van der Waals surface area (Å²) in [5, 5.41) is 6.40. The van der Waals surface area contributed by atoms with Crippen molar-refractivity contribution in [2.24, 2.45) is 4.99 Å². The number of nitrogens with zero attached hydrogens (tertiary/aromatic N) is 3. The fourth-order valence-corrected chi connectivity index (χ4v) is 3.29. The van der Waals surface area contributed by atoms with Crippen LogP contribution >= 0.6 is 35.3 Å². The van der Waals surface area contributed by atoms with Crippen LogP contribution in [0.1, 0.15) is 36.2 Å². The van der Waals surface area contributed by atoms with Crippen molar-refractivity contribution in [3.63, 3.8) is 0 Å². The van der Waals surface area contributed by atoms with E-state index in [1.54, 1.807) is 18.4 Å². The van der Waals surface area contributed by atoms with Gasteiger partial charge < -0.3 is 19.7 Å². The molecule has 0 aliphatic heterocycles. The largest absolute Gasteiger partial charge is 0.375 e. The second-order valence-corrected chi connectivity index (χ2v) is 7.07. The predicted molar refractivity (Wildman–Crippen MR) is 126 cm³/mol. The number of aromatic nitrogens is 1. The summed E-state index contributed by atoms with van der Waals surface area (Å²) in [6.07, 6.45) is 0.0257. The zero-order chi connectivity index (χ0) is 19.5. The van der Waals surface area contributed by atoms with Gasteiger partial charge in [0, 0.05) is 26.1 Å². The highest BCUT2D eigenvalue weighted by Gasteiger charge is 2.12. The van der Waals surface area contributed by atoms with Gasteiger partial charge in [0.05, 0.1) is 32.0 Å². The van der Waals surface area contributed by atoms with Gasteiger partial charge in [-0.15, -0.1) is 35.3 Å². The lowest BCUT2D eigenvalue weighted by atomic mass is 10.2. The molecule has 0 bridgehead atoms. The Kier molecular flexibility index (Phi) is 12.3. The molecule has 156 valence electrons. The zero-order valence-electron chi connectivity index (χ0n) is 17.1. The van der Waals surface area contributed by atoms with Crippen molar-refractivity contribution in [3.8, 4) is 0 Å². The Bertz CT molecular complexity index is 697. The van der Waals surface area contributed by atoms with Crippen molar-refractivity contribution in [1.29, 1.82) is 0 Å². The lowest BCUT2D eigenvalue weighted by molar-refractivity contribution is 0.119. The Morgan fingerprint density at radius 2 is 2.07 bits per heavy atom. The van der Waals surface area contributed by atoms with Gasteiger partial charge in [0.2, 0.25) is 0 Å². The van der Waals surface area contributed by atoms with Crippen LogP contribution in [0.25, 0.3) is 0 Å². The van der Waals surface area contributed by atoms with Crippen molar-refractivity contribution in [3.05, 3.63) is 52.0 Å². The molecule has 6 nitrogen and oxygen atoms in total. The number of ether oxygens (including phenoxy) is 2. The molecule has 0 fully saturated rings. The van der Waals surface area contributed by atoms with Crippen LogP contribution in [0.4, 0.5) is 0 Å². The highest BCUT2D eigenvalue weighted by atomic mass is 127. The number of hydrogen-bond acceptors (Lipinski definition) is 5.